The molecule has 1 aromatic carbocycles. The van der Waals surface area contributed by atoms with Crippen molar-refractivity contribution in [2.75, 3.05) is 11.5 Å². The summed E-state index contributed by atoms with van der Waals surface area (Å²) in [7, 11) is 0. The Morgan fingerprint density at radius 3 is 3.00 bits per heavy atom. The normalized spacial score (nSPS) is 22.9. The minimum Gasteiger partial charge on any atom is -0.161 e. The summed E-state index contributed by atoms with van der Waals surface area (Å²) in [5.41, 5.74) is 1.49. The molecule has 12 heavy (non-hydrogen) atoms. The second-order valence-electron chi connectivity index (χ2n) is 3.12. The van der Waals surface area contributed by atoms with Crippen molar-refractivity contribution in [2.45, 2.75) is 12.3 Å². The van der Waals surface area contributed by atoms with Crippen molar-refractivity contribution in [1.29, 1.82) is 0 Å². The van der Waals surface area contributed by atoms with Gasteiger partial charge in [0.05, 0.1) is 0 Å². The van der Waals surface area contributed by atoms with E-state index >= 15 is 0 Å². The van der Waals surface area contributed by atoms with Gasteiger partial charge in [-0.2, -0.15) is 11.8 Å². The first-order valence-corrected chi connectivity index (χ1v) is 6.14. The van der Waals surface area contributed by atoms with E-state index in [4.69, 9.17) is 0 Å². The molecule has 0 amide bonds. The molecule has 1 heterocycles. The predicted molar refractivity (Wildman–Crippen MR) is 58.8 cm³/mol. The highest BCUT2D eigenvalue weighted by molar-refractivity contribution is 9.10. The largest absolute Gasteiger partial charge is 0.161 e. The third-order valence-electron chi connectivity index (χ3n) is 2.25. The van der Waals surface area contributed by atoms with E-state index in [1.165, 1.54) is 28.0 Å². The molecule has 1 fully saturated rings. The molecule has 0 spiro atoms. The molecule has 1 saturated heterocycles. The molecule has 0 radical (unpaired) electrons. The van der Waals surface area contributed by atoms with Gasteiger partial charge < -0.3 is 0 Å². The minimum atomic E-state index is 0.799. The molecule has 1 aliphatic heterocycles. The average molecular weight is 243 g/mol. The number of benzene rings is 1. The molecule has 0 aromatic heterocycles. The maximum atomic E-state index is 3.50. The molecule has 0 bridgehead atoms. The van der Waals surface area contributed by atoms with E-state index in [9.17, 15) is 0 Å². The fraction of sp³-hybridized carbons (Fsp3) is 0.400. The van der Waals surface area contributed by atoms with Gasteiger partial charge in [-0.1, -0.05) is 28.1 Å². The van der Waals surface area contributed by atoms with Gasteiger partial charge in [0.15, 0.2) is 0 Å². The lowest BCUT2D eigenvalue weighted by Gasteiger charge is -2.07. The lowest BCUT2D eigenvalue weighted by atomic mass is 9.99. The zero-order chi connectivity index (χ0) is 8.39. The molecule has 2 heteroatoms. The quantitative estimate of drug-likeness (QED) is 0.725. The van der Waals surface area contributed by atoms with Gasteiger partial charge in [0.2, 0.25) is 0 Å². The van der Waals surface area contributed by atoms with Crippen LogP contribution < -0.4 is 0 Å². The van der Waals surface area contributed by atoms with Gasteiger partial charge in [0.25, 0.3) is 0 Å². The first-order valence-electron chi connectivity index (χ1n) is 4.19. The third-order valence-corrected chi connectivity index (χ3v) is 3.91. The smallest absolute Gasteiger partial charge is 0.0178 e. The van der Waals surface area contributed by atoms with E-state index in [1.807, 2.05) is 0 Å². The van der Waals surface area contributed by atoms with Crippen LogP contribution in [0.15, 0.2) is 28.7 Å². The summed E-state index contributed by atoms with van der Waals surface area (Å²) >= 11 is 5.57. The number of hydrogen-bond donors (Lipinski definition) is 0. The van der Waals surface area contributed by atoms with Gasteiger partial charge in [0.1, 0.15) is 0 Å². The Kier molecular flexibility index (Phi) is 2.76. The SMILES string of the molecule is Brc1cccc(C2CCSC2)c1. The topological polar surface area (TPSA) is 0 Å². The predicted octanol–water partition coefficient (Wildman–Crippen LogP) is 3.67. The third kappa shape index (κ3) is 1.86. The van der Waals surface area contributed by atoms with E-state index in [-0.39, 0.29) is 0 Å². The highest BCUT2D eigenvalue weighted by atomic mass is 79.9. The maximum Gasteiger partial charge on any atom is 0.0178 e. The molecule has 0 aliphatic carbocycles. The van der Waals surface area contributed by atoms with Crippen LogP contribution in [0.2, 0.25) is 0 Å². The first-order chi connectivity index (χ1) is 5.86. The van der Waals surface area contributed by atoms with Gasteiger partial charge in [-0.15, -0.1) is 0 Å². The van der Waals surface area contributed by atoms with Crippen molar-refractivity contribution < 1.29 is 0 Å². The van der Waals surface area contributed by atoms with Gasteiger partial charge in [0, 0.05) is 10.2 Å². The number of hydrogen-bond acceptors (Lipinski definition) is 1. The molecule has 1 aliphatic rings. The molecule has 0 N–H and O–H groups in total. The lowest BCUT2D eigenvalue weighted by molar-refractivity contribution is 0.782. The van der Waals surface area contributed by atoms with E-state index in [0.717, 1.165) is 5.92 Å². The first kappa shape index (κ1) is 8.64. The van der Waals surface area contributed by atoms with Crippen molar-refractivity contribution >= 4 is 27.7 Å². The molecule has 1 aromatic rings. The van der Waals surface area contributed by atoms with Crippen molar-refractivity contribution in [2.24, 2.45) is 0 Å². The van der Waals surface area contributed by atoms with Crippen LogP contribution in [0.1, 0.15) is 17.9 Å². The zero-order valence-electron chi connectivity index (χ0n) is 6.79. The number of thioether (sulfide) groups is 1. The summed E-state index contributed by atoms with van der Waals surface area (Å²) in [5, 5.41) is 0. The highest BCUT2D eigenvalue weighted by Crippen LogP contribution is 2.33. The molecule has 2 rings (SSSR count). The summed E-state index contributed by atoms with van der Waals surface area (Å²) in [6, 6.07) is 8.70. The van der Waals surface area contributed by atoms with Gasteiger partial charge in [-0.05, 0) is 35.8 Å². The summed E-state index contributed by atoms with van der Waals surface area (Å²) in [5.74, 6) is 3.43. The van der Waals surface area contributed by atoms with E-state index in [2.05, 4.69) is 52.0 Å². The summed E-state index contributed by atoms with van der Waals surface area (Å²) < 4.78 is 1.21. The van der Waals surface area contributed by atoms with Crippen molar-refractivity contribution in [1.82, 2.24) is 0 Å². The van der Waals surface area contributed by atoms with Crippen LogP contribution >= 0.6 is 27.7 Å². The average Bonchev–Trinajstić information content (AvgIpc) is 2.56. The fourth-order valence-electron chi connectivity index (χ4n) is 1.56. The van der Waals surface area contributed by atoms with Crippen LogP contribution in [0.4, 0.5) is 0 Å². The Morgan fingerprint density at radius 1 is 1.42 bits per heavy atom. The lowest BCUT2D eigenvalue weighted by Crippen LogP contribution is -1.95. The van der Waals surface area contributed by atoms with Crippen molar-refractivity contribution in [3.05, 3.63) is 34.3 Å². The molecular weight excluding hydrogens is 232 g/mol. The molecule has 0 nitrogen and oxygen atoms in total. The van der Waals surface area contributed by atoms with Gasteiger partial charge in [-0.3, -0.25) is 0 Å². The standard InChI is InChI=1S/C10H11BrS/c11-10-3-1-2-8(6-10)9-4-5-12-7-9/h1-3,6,9H,4-5,7H2. The second-order valence-corrected chi connectivity index (χ2v) is 5.18. The Balaban J connectivity index is 2.21. The van der Waals surface area contributed by atoms with E-state index in [0.29, 0.717) is 0 Å². The zero-order valence-corrected chi connectivity index (χ0v) is 9.20. The fourth-order valence-corrected chi connectivity index (χ4v) is 3.24. The van der Waals surface area contributed by atoms with Crippen LogP contribution in [0, 0.1) is 0 Å². The summed E-state index contributed by atoms with van der Waals surface area (Å²) in [4.78, 5) is 0. The number of halogens is 1. The monoisotopic (exact) mass is 242 g/mol. The molecule has 64 valence electrons. The van der Waals surface area contributed by atoms with Crippen molar-refractivity contribution in [3.8, 4) is 0 Å². The summed E-state index contributed by atoms with van der Waals surface area (Å²) in [6.45, 7) is 0. The van der Waals surface area contributed by atoms with Crippen molar-refractivity contribution in [3.63, 3.8) is 0 Å². The minimum absolute atomic E-state index is 0.799. The Morgan fingerprint density at radius 2 is 2.33 bits per heavy atom. The van der Waals surface area contributed by atoms with Gasteiger partial charge >= 0.3 is 0 Å². The van der Waals surface area contributed by atoms with Crippen LogP contribution in [0.25, 0.3) is 0 Å². The van der Waals surface area contributed by atoms with E-state index in [1.54, 1.807) is 0 Å². The Hall–Kier alpha value is 0.0500. The number of rotatable bonds is 1. The molecule has 1 atom stereocenters. The van der Waals surface area contributed by atoms with Crippen LogP contribution in [-0.2, 0) is 0 Å². The van der Waals surface area contributed by atoms with Crippen LogP contribution in [-0.4, -0.2) is 11.5 Å². The maximum absolute atomic E-state index is 3.50. The molecule has 1 unspecified atom stereocenters. The second kappa shape index (κ2) is 3.84. The molecule has 0 saturated carbocycles. The highest BCUT2D eigenvalue weighted by Gasteiger charge is 2.16. The summed E-state index contributed by atoms with van der Waals surface area (Å²) in [6.07, 6.45) is 1.35. The van der Waals surface area contributed by atoms with Crippen LogP contribution in [0.5, 0.6) is 0 Å². The Bertz CT molecular complexity index is 266. The van der Waals surface area contributed by atoms with E-state index < -0.39 is 0 Å². The van der Waals surface area contributed by atoms with Crippen LogP contribution in [0.3, 0.4) is 0 Å². The van der Waals surface area contributed by atoms with Gasteiger partial charge in [-0.25, -0.2) is 0 Å². The Labute approximate surface area is 85.9 Å². The molecular formula is C10H11BrS.